The van der Waals surface area contributed by atoms with Gasteiger partial charge in [-0.3, -0.25) is 0 Å². The standard InChI is InChI=1S/C10H13BO5/c1-3-16-8-6-4-5-7(10(12)15-2)9(8)11(13)14/h4-6,13-14H,3H2,1-2H3. The summed E-state index contributed by atoms with van der Waals surface area (Å²) in [5.74, 6) is -0.370. The van der Waals surface area contributed by atoms with Crippen LogP contribution in [0.3, 0.4) is 0 Å². The Morgan fingerprint density at radius 3 is 2.62 bits per heavy atom. The van der Waals surface area contributed by atoms with E-state index in [1.165, 1.54) is 13.2 Å². The van der Waals surface area contributed by atoms with Crippen LogP contribution in [0.15, 0.2) is 18.2 Å². The van der Waals surface area contributed by atoms with Crippen LogP contribution in [0.1, 0.15) is 17.3 Å². The van der Waals surface area contributed by atoms with Gasteiger partial charge < -0.3 is 19.5 Å². The van der Waals surface area contributed by atoms with Crippen LogP contribution in [0.2, 0.25) is 0 Å². The second-order valence-corrected chi connectivity index (χ2v) is 3.02. The van der Waals surface area contributed by atoms with Crippen molar-refractivity contribution in [1.29, 1.82) is 0 Å². The van der Waals surface area contributed by atoms with Crippen LogP contribution in [-0.4, -0.2) is 36.9 Å². The smallest absolute Gasteiger partial charge is 0.493 e. The van der Waals surface area contributed by atoms with Crippen LogP contribution < -0.4 is 10.2 Å². The molecule has 0 saturated heterocycles. The van der Waals surface area contributed by atoms with E-state index in [0.717, 1.165) is 0 Å². The maximum atomic E-state index is 11.4. The highest BCUT2D eigenvalue weighted by Crippen LogP contribution is 2.12. The fourth-order valence-electron chi connectivity index (χ4n) is 1.38. The Kier molecular flexibility index (Phi) is 4.33. The van der Waals surface area contributed by atoms with Crippen molar-refractivity contribution in [3.05, 3.63) is 23.8 Å². The molecule has 0 aliphatic rings. The SMILES string of the molecule is CCOc1cccc(C(=O)OC)c1B(O)O. The van der Waals surface area contributed by atoms with E-state index in [4.69, 9.17) is 4.74 Å². The number of rotatable bonds is 4. The first-order valence-corrected chi connectivity index (χ1v) is 4.82. The van der Waals surface area contributed by atoms with Gasteiger partial charge in [0.05, 0.1) is 19.3 Å². The number of benzene rings is 1. The van der Waals surface area contributed by atoms with E-state index < -0.39 is 13.1 Å². The molecule has 6 heteroatoms. The molecule has 0 radical (unpaired) electrons. The predicted molar refractivity (Wildman–Crippen MR) is 58.8 cm³/mol. The Morgan fingerprint density at radius 1 is 1.44 bits per heavy atom. The van der Waals surface area contributed by atoms with Gasteiger partial charge in [-0.25, -0.2) is 4.79 Å². The second kappa shape index (κ2) is 5.53. The predicted octanol–water partition coefficient (Wildman–Crippen LogP) is -0.448. The van der Waals surface area contributed by atoms with Gasteiger partial charge in [0.2, 0.25) is 0 Å². The zero-order valence-electron chi connectivity index (χ0n) is 9.14. The third-order valence-electron chi connectivity index (χ3n) is 2.03. The Bertz CT molecular complexity index is 377. The maximum Gasteiger partial charge on any atom is 0.493 e. The van der Waals surface area contributed by atoms with Gasteiger partial charge >= 0.3 is 13.1 Å². The van der Waals surface area contributed by atoms with Crippen molar-refractivity contribution in [1.82, 2.24) is 0 Å². The first-order chi connectivity index (χ1) is 7.61. The van der Waals surface area contributed by atoms with E-state index in [2.05, 4.69) is 4.74 Å². The third-order valence-corrected chi connectivity index (χ3v) is 2.03. The average Bonchev–Trinajstić information content (AvgIpc) is 2.27. The summed E-state index contributed by atoms with van der Waals surface area (Å²) in [7, 11) is -0.555. The van der Waals surface area contributed by atoms with E-state index in [1.807, 2.05) is 0 Å². The number of ether oxygens (including phenoxy) is 2. The molecule has 0 heterocycles. The highest BCUT2D eigenvalue weighted by molar-refractivity contribution is 6.61. The van der Waals surface area contributed by atoms with Crippen LogP contribution in [0.25, 0.3) is 0 Å². The molecule has 5 nitrogen and oxygen atoms in total. The van der Waals surface area contributed by atoms with Crippen LogP contribution in [0.4, 0.5) is 0 Å². The van der Waals surface area contributed by atoms with Gasteiger partial charge in [0.1, 0.15) is 5.75 Å². The fraction of sp³-hybridized carbons (Fsp3) is 0.300. The fourth-order valence-corrected chi connectivity index (χ4v) is 1.38. The molecular formula is C10H13BO5. The van der Waals surface area contributed by atoms with Crippen molar-refractivity contribution >= 4 is 18.6 Å². The summed E-state index contributed by atoms with van der Waals surface area (Å²) >= 11 is 0. The van der Waals surface area contributed by atoms with Crippen molar-refractivity contribution in [2.45, 2.75) is 6.92 Å². The van der Waals surface area contributed by atoms with Gasteiger partial charge in [-0.15, -0.1) is 0 Å². The Labute approximate surface area is 93.8 Å². The molecule has 0 amide bonds. The highest BCUT2D eigenvalue weighted by atomic mass is 16.5. The number of hydrogen-bond acceptors (Lipinski definition) is 5. The molecule has 0 aromatic heterocycles. The average molecular weight is 224 g/mol. The van der Waals surface area contributed by atoms with Crippen LogP contribution in [-0.2, 0) is 4.74 Å². The lowest BCUT2D eigenvalue weighted by Gasteiger charge is -2.12. The molecule has 0 fully saturated rings. The van der Waals surface area contributed by atoms with Gasteiger partial charge in [0.15, 0.2) is 0 Å². The van der Waals surface area contributed by atoms with Crippen LogP contribution in [0, 0.1) is 0 Å². The summed E-state index contributed by atoms with van der Waals surface area (Å²) in [5, 5.41) is 18.4. The van der Waals surface area contributed by atoms with Crippen LogP contribution in [0.5, 0.6) is 5.75 Å². The summed E-state index contributed by atoms with van der Waals surface area (Å²) in [5.41, 5.74) is 0.111. The molecular weight excluding hydrogens is 211 g/mol. The monoisotopic (exact) mass is 224 g/mol. The topological polar surface area (TPSA) is 76.0 Å². The summed E-state index contributed by atoms with van der Waals surface area (Å²) in [4.78, 5) is 11.4. The Balaban J connectivity index is 3.26. The van der Waals surface area contributed by atoms with Crippen molar-refractivity contribution in [3.8, 4) is 5.75 Å². The van der Waals surface area contributed by atoms with Gasteiger partial charge in [-0.2, -0.15) is 0 Å². The summed E-state index contributed by atoms with van der Waals surface area (Å²) in [6.45, 7) is 2.13. The molecule has 0 saturated carbocycles. The van der Waals surface area contributed by atoms with E-state index in [0.29, 0.717) is 6.61 Å². The zero-order valence-corrected chi connectivity index (χ0v) is 9.14. The summed E-state index contributed by atoms with van der Waals surface area (Å²) in [6, 6.07) is 4.59. The minimum absolute atomic E-state index is 0.0243. The number of esters is 1. The van der Waals surface area contributed by atoms with E-state index in [1.54, 1.807) is 19.1 Å². The normalized spacial score (nSPS) is 9.75. The maximum absolute atomic E-state index is 11.4. The van der Waals surface area contributed by atoms with Crippen molar-refractivity contribution in [2.24, 2.45) is 0 Å². The number of hydrogen-bond donors (Lipinski definition) is 2. The summed E-state index contributed by atoms with van der Waals surface area (Å²) < 4.78 is 9.75. The minimum atomic E-state index is -1.78. The van der Waals surface area contributed by atoms with Gasteiger partial charge in [-0.05, 0) is 19.1 Å². The molecule has 0 atom stereocenters. The molecule has 0 unspecified atom stereocenters. The third kappa shape index (κ3) is 2.53. The zero-order chi connectivity index (χ0) is 12.1. The van der Waals surface area contributed by atoms with Gasteiger partial charge in [-0.1, -0.05) is 6.07 Å². The quantitative estimate of drug-likeness (QED) is 0.535. The molecule has 0 aliphatic heterocycles. The van der Waals surface area contributed by atoms with Crippen molar-refractivity contribution < 1.29 is 24.3 Å². The lowest BCUT2D eigenvalue weighted by Crippen LogP contribution is -2.36. The van der Waals surface area contributed by atoms with Crippen LogP contribution >= 0.6 is 0 Å². The Hall–Kier alpha value is -1.53. The molecule has 0 aliphatic carbocycles. The Morgan fingerprint density at radius 2 is 2.12 bits per heavy atom. The number of methoxy groups -OCH3 is 1. The van der Waals surface area contributed by atoms with Gasteiger partial charge in [0, 0.05) is 5.46 Å². The van der Waals surface area contributed by atoms with E-state index >= 15 is 0 Å². The minimum Gasteiger partial charge on any atom is -0.494 e. The lowest BCUT2D eigenvalue weighted by molar-refractivity contribution is 0.0601. The number of carbonyl (C=O) groups is 1. The molecule has 2 N–H and O–H groups in total. The first kappa shape index (κ1) is 12.5. The second-order valence-electron chi connectivity index (χ2n) is 3.02. The number of carbonyl (C=O) groups excluding carboxylic acids is 1. The molecule has 16 heavy (non-hydrogen) atoms. The molecule has 1 aromatic rings. The molecule has 0 spiro atoms. The molecule has 1 aromatic carbocycles. The lowest BCUT2D eigenvalue weighted by atomic mass is 9.76. The van der Waals surface area contributed by atoms with Crippen molar-refractivity contribution in [2.75, 3.05) is 13.7 Å². The van der Waals surface area contributed by atoms with Crippen molar-refractivity contribution in [3.63, 3.8) is 0 Å². The molecule has 1 rings (SSSR count). The highest BCUT2D eigenvalue weighted by Gasteiger charge is 2.25. The molecule has 86 valence electrons. The van der Waals surface area contributed by atoms with Gasteiger partial charge in [0.25, 0.3) is 0 Å². The largest absolute Gasteiger partial charge is 0.494 e. The summed E-state index contributed by atoms with van der Waals surface area (Å²) in [6.07, 6.45) is 0. The molecule has 0 bridgehead atoms. The van der Waals surface area contributed by atoms with E-state index in [-0.39, 0.29) is 16.8 Å². The first-order valence-electron chi connectivity index (χ1n) is 4.82. The van der Waals surface area contributed by atoms with E-state index in [9.17, 15) is 14.8 Å².